The van der Waals surface area contributed by atoms with E-state index < -0.39 is 34.7 Å². The largest absolute Gasteiger partial charge is 0.372 e. The maximum atomic E-state index is 14.1. The van der Waals surface area contributed by atoms with E-state index in [9.17, 15) is 21.6 Å². The lowest BCUT2D eigenvalue weighted by molar-refractivity contribution is -0.0194. The van der Waals surface area contributed by atoms with Gasteiger partial charge in [-0.25, -0.2) is 14.1 Å². The van der Waals surface area contributed by atoms with Crippen LogP contribution in [0, 0.1) is 11.7 Å². The van der Waals surface area contributed by atoms with E-state index in [0.717, 1.165) is 6.42 Å². The molecular formula is C27H27ClF3N7O3S2. The zero-order chi connectivity index (χ0) is 30.0. The fraction of sp³-hybridized carbons (Fsp3) is 0.444. The SMILES string of the molecule is C[C@H]1CC2CN(S(=O)(=O)N[C@H]3CC4=C(c5ccn(C(F)F)n5)[C@H](c5ccc(F)cc5Cl)N=C(c5nccs5)N4C3)C[C@H]1O2. The molecule has 6 heterocycles. The molecule has 4 aliphatic heterocycles. The molecule has 1 unspecified atom stereocenters. The fourth-order valence-electron chi connectivity index (χ4n) is 6.36. The van der Waals surface area contributed by atoms with Gasteiger partial charge in [0.15, 0.2) is 10.8 Å². The van der Waals surface area contributed by atoms with Crippen LogP contribution in [0.5, 0.6) is 0 Å². The Morgan fingerprint density at radius 3 is 2.74 bits per heavy atom. The Kier molecular flexibility index (Phi) is 7.37. The molecule has 10 nitrogen and oxygen atoms in total. The van der Waals surface area contributed by atoms with E-state index in [2.05, 4.69) is 21.7 Å². The van der Waals surface area contributed by atoms with E-state index in [1.54, 1.807) is 11.6 Å². The highest BCUT2D eigenvalue weighted by Gasteiger charge is 2.46. The van der Waals surface area contributed by atoms with Gasteiger partial charge in [-0.05, 0) is 30.5 Å². The van der Waals surface area contributed by atoms with Crippen molar-refractivity contribution in [3.05, 3.63) is 74.8 Å². The Labute approximate surface area is 255 Å². The van der Waals surface area contributed by atoms with Crippen LogP contribution in [0.4, 0.5) is 13.2 Å². The Morgan fingerprint density at radius 2 is 2.05 bits per heavy atom. The van der Waals surface area contributed by atoms with Crippen LogP contribution >= 0.6 is 22.9 Å². The minimum Gasteiger partial charge on any atom is -0.372 e. The summed E-state index contributed by atoms with van der Waals surface area (Å²) < 4.78 is 79.2. The lowest BCUT2D eigenvalue weighted by Crippen LogP contribution is -2.53. The molecule has 0 radical (unpaired) electrons. The van der Waals surface area contributed by atoms with Gasteiger partial charge in [-0.3, -0.25) is 4.99 Å². The van der Waals surface area contributed by atoms with Crippen molar-refractivity contribution in [3.63, 3.8) is 0 Å². The highest BCUT2D eigenvalue weighted by Crippen LogP contribution is 2.46. The number of fused-ring (bicyclic) bond motifs is 3. The van der Waals surface area contributed by atoms with E-state index in [4.69, 9.17) is 21.3 Å². The van der Waals surface area contributed by atoms with Gasteiger partial charge < -0.3 is 9.64 Å². The summed E-state index contributed by atoms with van der Waals surface area (Å²) in [6, 6.07) is 3.99. The predicted octanol–water partition coefficient (Wildman–Crippen LogP) is 4.46. The topological polar surface area (TPSA) is 105 Å². The van der Waals surface area contributed by atoms with E-state index >= 15 is 0 Å². The Bertz CT molecular complexity index is 1710. The molecule has 3 saturated heterocycles. The van der Waals surface area contributed by atoms with Gasteiger partial charge in [0.1, 0.15) is 11.9 Å². The molecular weight excluding hydrogens is 627 g/mol. The molecule has 16 heteroatoms. The van der Waals surface area contributed by atoms with Gasteiger partial charge >= 0.3 is 6.55 Å². The molecule has 2 aromatic heterocycles. The summed E-state index contributed by atoms with van der Waals surface area (Å²) in [6.07, 6.45) is 3.57. The summed E-state index contributed by atoms with van der Waals surface area (Å²) in [7, 11) is -3.88. The lowest BCUT2D eigenvalue weighted by Gasteiger charge is -2.33. The molecule has 0 aliphatic carbocycles. The van der Waals surface area contributed by atoms with Gasteiger partial charge in [0, 0.05) is 71.7 Å². The molecule has 1 N–H and O–H groups in total. The summed E-state index contributed by atoms with van der Waals surface area (Å²) in [6.45, 7) is -0.0164. The molecule has 0 amide bonds. The average molecular weight is 654 g/mol. The van der Waals surface area contributed by atoms with Crippen LogP contribution in [-0.2, 0) is 14.9 Å². The van der Waals surface area contributed by atoms with Crippen LogP contribution < -0.4 is 4.72 Å². The quantitative estimate of drug-likeness (QED) is 0.404. The van der Waals surface area contributed by atoms with Crippen molar-refractivity contribution in [2.45, 2.75) is 50.6 Å². The third-order valence-corrected chi connectivity index (χ3v) is 11.0. The second-order valence-electron chi connectivity index (χ2n) is 11.1. The highest BCUT2D eigenvalue weighted by molar-refractivity contribution is 7.87. The maximum absolute atomic E-state index is 14.1. The van der Waals surface area contributed by atoms with E-state index in [1.165, 1.54) is 46.1 Å². The molecule has 3 aromatic rings. The molecule has 0 saturated carbocycles. The lowest BCUT2D eigenvalue weighted by atomic mass is 9.92. The number of aromatic nitrogens is 3. The number of aliphatic imine (C=N–C) groups is 1. The Hall–Kier alpha value is -2.82. The van der Waals surface area contributed by atoms with Crippen molar-refractivity contribution in [2.75, 3.05) is 19.6 Å². The van der Waals surface area contributed by atoms with Gasteiger partial charge in [-0.2, -0.15) is 31.3 Å². The number of rotatable bonds is 7. The molecule has 3 fully saturated rings. The van der Waals surface area contributed by atoms with Crippen molar-refractivity contribution in [1.29, 1.82) is 0 Å². The van der Waals surface area contributed by atoms with Crippen molar-refractivity contribution in [3.8, 4) is 0 Å². The zero-order valence-electron chi connectivity index (χ0n) is 22.8. The molecule has 7 rings (SSSR count). The first-order chi connectivity index (χ1) is 20.6. The van der Waals surface area contributed by atoms with Crippen LogP contribution in [0.3, 0.4) is 0 Å². The number of hydrogen-bond acceptors (Lipinski definition) is 8. The molecule has 2 bridgehead atoms. The Balaban J connectivity index is 1.30. The smallest absolute Gasteiger partial charge is 0.333 e. The first-order valence-electron chi connectivity index (χ1n) is 13.8. The van der Waals surface area contributed by atoms with E-state index in [-0.39, 0.29) is 54.9 Å². The standard InChI is InChI=1S/C27H27ClF3N7O3S2/c1-14-8-17-12-36(13-22(14)41-17)43(39,40)35-16-10-21-23(20-4-6-38(34-20)27(30)31)24(18-3-2-15(29)9-19(18)28)33-25(37(21)11-16)26-32-5-7-42-26/h2-7,9,14,16-17,22,24,27,35H,8,10-13H2,1H3/t14-,16-,17?,22+,24-/m0/s1. The van der Waals surface area contributed by atoms with Crippen LogP contribution in [0.15, 0.2) is 52.7 Å². The van der Waals surface area contributed by atoms with Gasteiger partial charge in [-0.15, -0.1) is 11.3 Å². The van der Waals surface area contributed by atoms with Gasteiger partial charge in [-0.1, -0.05) is 24.6 Å². The molecule has 4 aliphatic rings. The van der Waals surface area contributed by atoms with Crippen LogP contribution in [0.25, 0.3) is 5.57 Å². The number of amidine groups is 1. The zero-order valence-corrected chi connectivity index (χ0v) is 25.2. The van der Waals surface area contributed by atoms with Crippen molar-refractivity contribution in [1.82, 2.24) is 28.7 Å². The van der Waals surface area contributed by atoms with Gasteiger partial charge in [0.05, 0.1) is 17.9 Å². The number of alkyl halides is 2. The fourth-order valence-corrected chi connectivity index (χ4v) is 8.71. The van der Waals surface area contributed by atoms with Gasteiger partial charge in [0.25, 0.3) is 10.2 Å². The first-order valence-corrected chi connectivity index (χ1v) is 16.5. The third-order valence-electron chi connectivity index (χ3n) is 8.31. The molecule has 228 valence electrons. The van der Waals surface area contributed by atoms with Crippen LogP contribution in [0.1, 0.15) is 48.6 Å². The predicted molar refractivity (Wildman–Crippen MR) is 154 cm³/mol. The number of ether oxygens (including phenoxy) is 1. The van der Waals surface area contributed by atoms with E-state index in [0.29, 0.717) is 32.4 Å². The Morgan fingerprint density at radius 1 is 1.21 bits per heavy atom. The third kappa shape index (κ3) is 5.29. The van der Waals surface area contributed by atoms with Gasteiger partial charge in [0.2, 0.25) is 0 Å². The van der Waals surface area contributed by atoms with Crippen LogP contribution in [0.2, 0.25) is 5.02 Å². The maximum Gasteiger partial charge on any atom is 0.333 e. The van der Waals surface area contributed by atoms with Crippen LogP contribution in [-0.4, -0.2) is 76.1 Å². The molecule has 1 aromatic carbocycles. The highest BCUT2D eigenvalue weighted by atomic mass is 35.5. The normalized spacial score (nSPS) is 27.7. The summed E-state index contributed by atoms with van der Waals surface area (Å²) >= 11 is 7.87. The molecule has 43 heavy (non-hydrogen) atoms. The minimum absolute atomic E-state index is 0.110. The molecule has 0 spiro atoms. The number of hydrogen-bond donors (Lipinski definition) is 1. The minimum atomic E-state index is -3.88. The number of halogens is 4. The number of morpholine rings is 1. The summed E-state index contributed by atoms with van der Waals surface area (Å²) in [5.74, 6) is 0.221. The first kappa shape index (κ1) is 28.9. The number of benzene rings is 1. The average Bonchev–Trinajstić information content (AvgIpc) is 3.75. The van der Waals surface area contributed by atoms with Crippen molar-refractivity contribution < 1.29 is 26.3 Å². The summed E-state index contributed by atoms with van der Waals surface area (Å²) in [5, 5.41) is 6.62. The molecule has 5 atom stereocenters. The summed E-state index contributed by atoms with van der Waals surface area (Å²) in [5.41, 5.74) is 1.81. The second kappa shape index (κ2) is 11.0. The number of nitrogens with one attached hydrogen (secondary N) is 1. The number of thiazole rings is 1. The van der Waals surface area contributed by atoms with Crippen molar-refractivity contribution in [2.24, 2.45) is 10.9 Å². The second-order valence-corrected chi connectivity index (χ2v) is 14.1. The number of nitrogens with zero attached hydrogens (tertiary/aromatic N) is 6. The summed E-state index contributed by atoms with van der Waals surface area (Å²) in [4.78, 5) is 11.3. The van der Waals surface area contributed by atoms with Crippen molar-refractivity contribution >= 4 is 44.6 Å². The van der Waals surface area contributed by atoms with E-state index in [1.807, 2.05) is 4.90 Å². The monoisotopic (exact) mass is 653 g/mol.